The summed E-state index contributed by atoms with van der Waals surface area (Å²) in [7, 11) is 0. The summed E-state index contributed by atoms with van der Waals surface area (Å²) in [5.41, 5.74) is 1.14. The summed E-state index contributed by atoms with van der Waals surface area (Å²) in [6.07, 6.45) is 1.18. The van der Waals surface area contributed by atoms with Gasteiger partial charge < -0.3 is 5.11 Å². The lowest BCUT2D eigenvalue weighted by Gasteiger charge is -2.39. The maximum Gasteiger partial charge on any atom is 0.314 e. The van der Waals surface area contributed by atoms with Crippen molar-refractivity contribution in [1.82, 2.24) is 4.90 Å². The van der Waals surface area contributed by atoms with Gasteiger partial charge in [0.1, 0.15) is 5.82 Å². The molecule has 0 saturated carbocycles. The van der Waals surface area contributed by atoms with Crippen LogP contribution < -0.4 is 0 Å². The highest BCUT2D eigenvalue weighted by atomic mass is 19.1. The zero-order chi connectivity index (χ0) is 16.3. The monoisotopic (exact) mass is 313 g/mol. The van der Waals surface area contributed by atoms with Crippen LogP contribution in [0.4, 0.5) is 4.39 Å². The van der Waals surface area contributed by atoms with Gasteiger partial charge in [0.05, 0.1) is 5.41 Å². The van der Waals surface area contributed by atoms with Gasteiger partial charge in [0.25, 0.3) is 0 Å². The van der Waals surface area contributed by atoms with Crippen molar-refractivity contribution >= 4 is 5.97 Å². The molecule has 0 unspecified atom stereocenters. The zero-order valence-electron chi connectivity index (χ0n) is 12.9. The minimum absolute atomic E-state index is 0.235. The van der Waals surface area contributed by atoms with Gasteiger partial charge in [-0.25, -0.2) is 4.39 Å². The Morgan fingerprint density at radius 3 is 2.22 bits per heavy atom. The van der Waals surface area contributed by atoms with Crippen LogP contribution in [0.3, 0.4) is 0 Å². The number of halogens is 1. The molecule has 23 heavy (non-hydrogen) atoms. The fraction of sp³-hybridized carbons (Fsp3) is 0.316. The average molecular weight is 313 g/mol. The number of carboxylic acids is 1. The molecular weight excluding hydrogens is 293 g/mol. The quantitative estimate of drug-likeness (QED) is 0.940. The molecule has 1 saturated heterocycles. The van der Waals surface area contributed by atoms with E-state index in [-0.39, 0.29) is 5.82 Å². The molecular formula is C19H20FNO2. The summed E-state index contributed by atoms with van der Waals surface area (Å²) in [5, 5.41) is 9.79. The number of carboxylic acid groups (broad SMARTS) is 1. The molecule has 1 heterocycles. The van der Waals surface area contributed by atoms with E-state index in [9.17, 15) is 14.3 Å². The third-order valence-electron chi connectivity index (χ3n) is 4.76. The van der Waals surface area contributed by atoms with E-state index in [0.717, 1.165) is 30.8 Å². The van der Waals surface area contributed by atoms with Crippen molar-refractivity contribution in [1.29, 1.82) is 0 Å². The van der Waals surface area contributed by atoms with Crippen molar-refractivity contribution < 1.29 is 14.3 Å². The highest BCUT2D eigenvalue weighted by Crippen LogP contribution is 2.36. The molecule has 1 fully saturated rings. The van der Waals surface area contributed by atoms with Crippen molar-refractivity contribution in [2.75, 3.05) is 13.1 Å². The first-order chi connectivity index (χ1) is 11.1. The molecule has 0 radical (unpaired) electrons. The van der Waals surface area contributed by atoms with E-state index in [2.05, 4.69) is 4.90 Å². The van der Waals surface area contributed by atoms with E-state index in [0.29, 0.717) is 12.8 Å². The third kappa shape index (κ3) is 3.27. The summed E-state index contributed by atoms with van der Waals surface area (Å²) < 4.78 is 13.0. The Hall–Kier alpha value is -2.20. The summed E-state index contributed by atoms with van der Waals surface area (Å²) in [5.74, 6) is -0.980. The van der Waals surface area contributed by atoms with Gasteiger partial charge in [0.2, 0.25) is 0 Å². The number of aliphatic carboxylic acids is 1. The number of rotatable bonds is 4. The van der Waals surface area contributed by atoms with Crippen LogP contribution in [0.15, 0.2) is 54.6 Å². The Labute approximate surface area is 135 Å². The van der Waals surface area contributed by atoms with Crippen molar-refractivity contribution in [2.24, 2.45) is 0 Å². The van der Waals surface area contributed by atoms with E-state index in [1.807, 2.05) is 30.3 Å². The van der Waals surface area contributed by atoms with Gasteiger partial charge >= 0.3 is 5.97 Å². The molecule has 1 aliphatic rings. The van der Waals surface area contributed by atoms with Crippen molar-refractivity contribution in [3.05, 3.63) is 71.5 Å². The molecule has 2 aromatic carbocycles. The minimum atomic E-state index is -0.791. The number of hydrogen-bond acceptors (Lipinski definition) is 2. The molecule has 0 atom stereocenters. The Morgan fingerprint density at radius 1 is 1.04 bits per heavy atom. The maximum absolute atomic E-state index is 13.0. The second-order valence-electron chi connectivity index (χ2n) is 6.16. The number of benzene rings is 2. The van der Waals surface area contributed by atoms with Gasteiger partial charge in [-0.2, -0.15) is 0 Å². The average Bonchev–Trinajstić information content (AvgIpc) is 2.58. The summed E-state index contributed by atoms with van der Waals surface area (Å²) in [6, 6.07) is 16.0. The Morgan fingerprint density at radius 2 is 1.65 bits per heavy atom. The largest absolute Gasteiger partial charge is 0.481 e. The van der Waals surface area contributed by atoms with E-state index in [1.54, 1.807) is 12.1 Å². The van der Waals surface area contributed by atoms with Crippen LogP contribution in [0.5, 0.6) is 0 Å². The Kier molecular flexibility index (Phi) is 4.44. The lowest BCUT2D eigenvalue weighted by atomic mass is 9.73. The topological polar surface area (TPSA) is 40.5 Å². The van der Waals surface area contributed by atoms with Crippen LogP contribution in [0.25, 0.3) is 0 Å². The first kappa shape index (κ1) is 15.7. The highest BCUT2D eigenvalue weighted by molar-refractivity contribution is 5.81. The van der Waals surface area contributed by atoms with Crippen molar-refractivity contribution in [3.8, 4) is 0 Å². The van der Waals surface area contributed by atoms with Crippen LogP contribution in [0.2, 0.25) is 0 Å². The fourth-order valence-electron chi connectivity index (χ4n) is 3.32. The SMILES string of the molecule is O=C(O)C1(c2ccccc2)CCN(Cc2ccc(F)cc2)CC1. The van der Waals surface area contributed by atoms with E-state index >= 15 is 0 Å². The lowest BCUT2D eigenvalue weighted by molar-refractivity contribution is -0.146. The molecule has 120 valence electrons. The van der Waals surface area contributed by atoms with E-state index in [1.165, 1.54) is 12.1 Å². The molecule has 0 aliphatic carbocycles. The first-order valence-corrected chi connectivity index (χ1v) is 7.86. The molecule has 1 aliphatic heterocycles. The number of hydrogen-bond donors (Lipinski definition) is 1. The molecule has 2 aromatic rings. The fourth-order valence-corrected chi connectivity index (χ4v) is 3.32. The van der Waals surface area contributed by atoms with Crippen LogP contribution in [0.1, 0.15) is 24.0 Å². The molecule has 3 nitrogen and oxygen atoms in total. The highest BCUT2D eigenvalue weighted by Gasteiger charge is 2.42. The van der Waals surface area contributed by atoms with Gasteiger partial charge in [-0.3, -0.25) is 9.69 Å². The molecule has 0 spiro atoms. The van der Waals surface area contributed by atoms with Crippen LogP contribution in [-0.4, -0.2) is 29.1 Å². The van der Waals surface area contributed by atoms with E-state index in [4.69, 9.17) is 0 Å². The minimum Gasteiger partial charge on any atom is -0.481 e. The smallest absolute Gasteiger partial charge is 0.314 e. The molecule has 4 heteroatoms. The first-order valence-electron chi connectivity index (χ1n) is 7.86. The van der Waals surface area contributed by atoms with Gasteiger partial charge in [-0.15, -0.1) is 0 Å². The number of piperidine rings is 1. The van der Waals surface area contributed by atoms with Crippen LogP contribution in [-0.2, 0) is 16.8 Å². The van der Waals surface area contributed by atoms with Crippen molar-refractivity contribution in [3.63, 3.8) is 0 Å². The molecule has 0 amide bonds. The third-order valence-corrected chi connectivity index (χ3v) is 4.76. The summed E-state index contributed by atoms with van der Waals surface area (Å²) >= 11 is 0. The predicted molar refractivity (Wildman–Crippen MR) is 86.7 cm³/mol. The number of nitrogens with zero attached hydrogens (tertiary/aromatic N) is 1. The zero-order valence-corrected chi connectivity index (χ0v) is 12.9. The van der Waals surface area contributed by atoms with Crippen LogP contribution in [0, 0.1) is 5.82 Å². The molecule has 1 N–H and O–H groups in total. The van der Waals surface area contributed by atoms with Gasteiger partial charge in [-0.05, 0) is 49.2 Å². The maximum atomic E-state index is 13.0. The number of carbonyl (C=O) groups is 1. The lowest BCUT2D eigenvalue weighted by Crippen LogP contribution is -2.47. The molecule has 3 rings (SSSR count). The number of likely N-dealkylation sites (tertiary alicyclic amines) is 1. The Bertz CT molecular complexity index is 662. The predicted octanol–water partition coefficient (Wildman–Crippen LogP) is 3.44. The second-order valence-corrected chi connectivity index (χ2v) is 6.16. The van der Waals surface area contributed by atoms with Crippen molar-refractivity contribution in [2.45, 2.75) is 24.8 Å². The van der Waals surface area contributed by atoms with Gasteiger partial charge in [0.15, 0.2) is 0 Å². The second kappa shape index (κ2) is 6.50. The summed E-state index contributed by atoms with van der Waals surface area (Å²) in [6.45, 7) is 2.17. The van der Waals surface area contributed by atoms with Gasteiger partial charge in [-0.1, -0.05) is 42.5 Å². The standard InChI is InChI=1S/C19H20FNO2/c20-17-8-6-15(7-9-17)14-21-12-10-19(11-13-21,18(22)23)16-4-2-1-3-5-16/h1-9H,10-14H2,(H,22,23). The van der Waals surface area contributed by atoms with E-state index < -0.39 is 11.4 Å². The van der Waals surface area contributed by atoms with Crippen LogP contribution >= 0.6 is 0 Å². The molecule has 0 aromatic heterocycles. The summed E-state index contributed by atoms with van der Waals surface area (Å²) in [4.78, 5) is 14.2. The van der Waals surface area contributed by atoms with Gasteiger partial charge in [0, 0.05) is 6.54 Å². The normalized spacial score (nSPS) is 17.8. The Balaban J connectivity index is 1.70. The molecule has 0 bridgehead atoms.